The van der Waals surface area contributed by atoms with E-state index >= 15 is 0 Å². The number of aliphatic hydroxyl groups excluding tert-OH is 1. The Hall–Kier alpha value is -1.39. The molecular weight excluding hydrogens is 250 g/mol. The Labute approximate surface area is 111 Å². The van der Waals surface area contributed by atoms with E-state index in [0.717, 1.165) is 11.1 Å². The predicted molar refractivity (Wildman–Crippen MR) is 70.5 cm³/mol. The summed E-state index contributed by atoms with van der Waals surface area (Å²) in [5, 5.41) is 14.9. The van der Waals surface area contributed by atoms with Gasteiger partial charge in [0.2, 0.25) is 0 Å². The molecule has 0 fully saturated rings. The Bertz CT molecular complexity index is 524. The van der Waals surface area contributed by atoms with Gasteiger partial charge in [-0.25, -0.2) is 0 Å². The molecule has 0 radical (unpaired) electrons. The van der Waals surface area contributed by atoms with Crippen molar-refractivity contribution in [3.63, 3.8) is 0 Å². The van der Waals surface area contributed by atoms with Crippen molar-refractivity contribution in [1.29, 1.82) is 0 Å². The smallest absolute Gasteiger partial charge is 0.0861 e. The fourth-order valence-electron chi connectivity index (χ4n) is 1.70. The SMILES string of the molecule is CC(C)n1cc(C(O)Cc2ccncc2Cl)cn1. The highest BCUT2D eigenvalue weighted by molar-refractivity contribution is 6.31. The first kappa shape index (κ1) is 13.1. The van der Waals surface area contributed by atoms with E-state index in [9.17, 15) is 5.11 Å². The van der Waals surface area contributed by atoms with Gasteiger partial charge in [-0.1, -0.05) is 11.6 Å². The normalized spacial score (nSPS) is 12.9. The van der Waals surface area contributed by atoms with E-state index in [1.165, 1.54) is 0 Å². The van der Waals surface area contributed by atoms with Gasteiger partial charge >= 0.3 is 0 Å². The minimum absolute atomic E-state index is 0.287. The number of halogens is 1. The van der Waals surface area contributed by atoms with Gasteiger partial charge in [-0.15, -0.1) is 0 Å². The van der Waals surface area contributed by atoms with Crippen molar-refractivity contribution in [3.8, 4) is 0 Å². The van der Waals surface area contributed by atoms with Crippen LogP contribution in [0.3, 0.4) is 0 Å². The minimum Gasteiger partial charge on any atom is -0.388 e. The molecule has 18 heavy (non-hydrogen) atoms. The quantitative estimate of drug-likeness (QED) is 0.925. The summed E-state index contributed by atoms with van der Waals surface area (Å²) in [7, 11) is 0. The van der Waals surface area contributed by atoms with Crippen molar-refractivity contribution in [1.82, 2.24) is 14.8 Å². The average molecular weight is 266 g/mol. The largest absolute Gasteiger partial charge is 0.388 e. The van der Waals surface area contributed by atoms with Crippen molar-refractivity contribution in [2.75, 3.05) is 0 Å². The van der Waals surface area contributed by atoms with Crippen LogP contribution in [0.15, 0.2) is 30.9 Å². The van der Waals surface area contributed by atoms with Gasteiger partial charge in [-0.3, -0.25) is 9.67 Å². The lowest BCUT2D eigenvalue weighted by Crippen LogP contribution is -2.03. The van der Waals surface area contributed by atoms with Gasteiger partial charge in [0.25, 0.3) is 0 Å². The molecule has 5 heteroatoms. The minimum atomic E-state index is -0.600. The van der Waals surface area contributed by atoms with Crippen molar-refractivity contribution >= 4 is 11.6 Å². The third-order valence-corrected chi connectivity index (χ3v) is 3.15. The maximum Gasteiger partial charge on any atom is 0.0861 e. The summed E-state index contributed by atoms with van der Waals surface area (Å²) < 4.78 is 1.83. The van der Waals surface area contributed by atoms with Crippen LogP contribution in [-0.4, -0.2) is 19.9 Å². The van der Waals surface area contributed by atoms with E-state index in [1.54, 1.807) is 18.6 Å². The second-order valence-electron chi connectivity index (χ2n) is 4.53. The molecule has 2 rings (SSSR count). The third kappa shape index (κ3) is 2.89. The van der Waals surface area contributed by atoms with Gasteiger partial charge in [-0.05, 0) is 25.5 Å². The van der Waals surface area contributed by atoms with E-state index in [1.807, 2.05) is 30.8 Å². The molecule has 0 saturated heterocycles. The summed E-state index contributed by atoms with van der Waals surface area (Å²) in [4.78, 5) is 3.92. The average Bonchev–Trinajstić information content (AvgIpc) is 2.81. The van der Waals surface area contributed by atoms with Crippen molar-refractivity contribution in [3.05, 3.63) is 47.0 Å². The number of hydrogen-bond donors (Lipinski definition) is 1. The predicted octanol–water partition coefficient (Wildman–Crippen LogP) is 2.79. The Morgan fingerprint density at radius 3 is 2.78 bits per heavy atom. The van der Waals surface area contributed by atoms with Gasteiger partial charge < -0.3 is 5.11 Å². The number of aromatic nitrogens is 3. The number of nitrogens with zero attached hydrogens (tertiary/aromatic N) is 3. The third-order valence-electron chi connectivity index (χ3n) is 2.81. The lowest BCUT2D eigenvalue weighted by molar-refractivity contribution is 0.178. The summed E-state index contributed by atoms with van der Waals surface area (Å²) >= 11 is 6.02. The summed E-state index contributed by atoms with van der Waals surface area (Å²) in [5.41, 5.74) is 1.69. The van der Waals surface area contributed by atoms with E-state index in [4.69, 9.17) is 11.6 Å². The maximum absolute atomic E-state index is 10.2. The maximum atomic E-state index is 10.2. The highest BCUT2D eigenvalue weighted by atomic mass is 35.5. The molecule has 0 amide bonds. The fraction of sp³-hybridized carbons (Fsp3) is 0.385. The Balaban J connectivity index is 2.12. The molecule has 0 aliphatic heterocycles. The van der Waals surface area contributed by atoms with Gasteiger partial charge in [0.15, 0.2) is 0 Å². The lowest BCUT2D eigenvalue weighted by atomic mass is 10.1. The molecular formula is C13H16ClN3O. The van der Waals surface area contributed by atoms with Crippen molar-refractivity contribution in [2.24, 2.45) is 0 Å². The van der Waals surface area contributed by atoms with Crippen LogP contribution in [0.1, 0.15) is 37.1 Å². The Morgan fingerprint density at radius 1 is 1.39 bits per heavy atom. The van der Waals surface area contributed by atoms with Crippen LogP contribution in [-0.2, 0) is 6.42 Å². The molecule has 4 nitrogen and oxygen atoms in total. The first-order valence-electron chi connectivity index (χ1n) is 5.88. The van der Waals surface area contributed by atoms with Crippen LogP contribution in [0.5, 0.6) is 0 Å². The van der Waals surface area contributed by atoms with Crippen LogP contribution in [0, 0.1) is 0 Å². The van der Waals surface area contributed by atoms with Gasteiger partial charge in [0.1, 0.15) is 0 Å². The Kier molecular flexibility index (Phi) is 3.99. The molecule has 0 aromatic carbocycles. The lowest BCUT2D eigenvalue weighted by Gasteiger charge is -2.09. The first-order chi connectivity index (χ1) is 8.58. The van der Waals surface area contributed by atoms with E-state index in [-0.39, 0.29) is 6.04 Å². The number of rotatable bonds is 4. The van der Waals surface area contributed by atoms with Crippen LogP contribution >= 0.6 is 11.6 Å². The fourth-order valence-corrected chi connectivity index (χ4v) is 1.90. The summed E-state index contributed by atoms with van der Waals surface area (Å²) in [6.45, 7) is 4.09. The number of aliphatic hydroxyl groups is 1. The van der Waals surface area contributed by atoms with Crippen LogP contribution in [0.4, 0.5) is 0 Å². The zero-order valence-electron chi connectivity index (χ0n) is 10.4. The van der Waals surface area contributed by atoms with E-state index < -0.39 is 6.10 Å². The number of pyridine rings is 1. The summed E-state index contributed by atoms with van der Waals surface area (Å²) in [6.07, 6.45) is 6.68. The number of hydrogen-bond acceptors (Lipinski definition) is 3. The van der Waals surface area contributed by atoms with E-state index in [0.29, 0.717) is 11.4 Å². The Morgan fingerprint density at radius 2 is 2.17 bits per heavy atom. The molecule has 2 heterocycles. The molecule has 2 aromatic rings. The van der Waals surface area contributed by atoms with Gasteiger partial charge in [0, 0.05) is 36.6 Å². The van der Waals surface area contributed by atoms with Gasteiger partial charge in [-0.2, -0.15) is 5.10 Å². The molecule has 0 aliphatic rings. The molecule has 1 atom stereocenters. The van der Waals surface area contributed by atoms with Crippen LogP contribution in [0.2, 0.25) is 5.02 Å². The molecule has 96 valence electrons. The van der Waals surface area contributed by atoms with Gasteiger partial charge in [0.05, 0.1) is 17.3 Å². The van der Waals surface area contributed by atoms with Crippen LogP contribution < -0.4 is 0 Å². The van der Waals surface area contributed by atoms with Crippen molar-refractivity contribution < 1.29 is 5.11 Å². The zero-order chi connectivity index (χ0) is 13.1. The first-order valence-corrected chi connectivity index (χ1v) is 6.26. The summed E-state index contributed by atoms with van der Waals surface area (Å²) in [5.74, 6) is 0. The molecule has 0 spiro atoms. The highest BCUT2D eigenvalue weighted by Crippen LogP contribution is 2.22. The standard InChI is InChI=1S/C13H16ClN3O/c1-9(2)17-8-11(6-16-17)13(18)5-10-3-4-15-7-12(10)14/h3-4,6-9,13,18H,5H2,1-2H3. The molecule has 2 aromatic heterocycles. The topological polar surface area (TPSA) is 50.9 Å². The molecule has 0 aliphatic carbocycles. The second kappa shape index (κ2) is 5.50. The summed E-state index contributed by atoms with van der Waals surface area (Å²) in [6, 6.07) is 2.11. The monoisotopic (exact) mass is 265 g/mol. The van der Waals surface area contributed by atoms with E-state index in [2.05, 4.69) is 10.1 Å². The van der Waals surface area contributed by atoms with Crippen LogP contribution in [0.25, 0.3) is 0 Å². The molecule has 0 bridgehead atoms. The second-order valence-corrected chi connectivity index (χ2v) is 4.94. The highest BCUT2D eigenvalue weighted by Gasteiger charge is 2.13. The molecule has 1 N–H and O–H groups in total. The zero-order valence-corrected chi connectivity index (χ0v) is 11.2. The van der Waals surface area contributed by atoms with Crippen molar-refractivity contribution in [2.45, 2.75) is 32.4 Å². The molecule has 1 unspecified atom stereocenters. The molecule has 0 saturated carbocycles.